The highest BCUT2D eigenvalue weighted by Gasteiger charge is 2.11. The van der Waals surface area contributed by atoms with Crippen molar-refractivity contribution in [2.45, 2.75) is 40.5 Å². The Labute approximate surface area is 164 Å². The molecule has 1 unspecified atom stereocenters. The Kier molecular flexibility index (Phi) is 16.5. The van der Waals surface area contributed by atoms with E-state index in [2.05, 4.69) is 34.2 Å². The molecule has 0 aromatic carbocycles. The third kappa shape index (κ3) is 14.2. The molecule has 0 bridgehead atoms. The number of aliphatic imine (C=N–C) groups is 1. The summed E-state index contributed by atoms with van der Waals surface area (Å²) in [4.78, 5) is 4.55. The SMILES string of the molecule is CCNC(=NCC(CCO)CC(C)C)NCCNS(=O)(=O)CC.I. The second kappa shape index (κ2) is 15.2. The summed E-state index contributed by atoms with van der Waals surface area (Å²) in [5.74, 6) is 1.68. The van der Waals surface area contributed by atoms with Crippen LogP contribution in [0.5, 0.6) is 0 Å². The minimum atomic E-state index is -3.15. The lowest BCUT2D eigenvalue weighted by Crippen LogP contribution is -2.42. The number of hydrogen-bond donors (Lipinski definition) is 4. The maximum atomic E-state index is 11.4. The zero-order chi connectivity index (χ0) is 17.7. The van der Waals surface area contributed by atoms with E-state index in [1.165, 1.54) is 0 Å². The highest BCUT2D eigenvalue weighted by atomic mass is 127. The summed E-state index contributed by atoms with van der Waals surface area (Å²) in [5.41, 5.74) is 0. The number of nitrogens with one attached hydrogen (secondary N) is 3. The van der Waals surface area contributed by atoms with Gasteiger partial charge in [-0.1, -0.05) is 13.8 Å². The zero-order valence-corrected chi connectivity index (χ0v) is 18.5. The quantitative estimate of drug-likeness (QED) is 0.146. The predicted octanol–water partition coefficient (Wildman–Crippen LogP) is 1.14. The molecule has 0 radical (unpaired) electrons. The van der Waals surface area contributed by atoms with Crippen molar-refractivity contribution in [2.24, 2.45) is 16.8 Å². The Morgan fingerprint density at radius 3 is 2.33 bits per heavy atom. The van der Waals surface area contributed by atoms with Crippen molar-refractivity contribution >= 4 is 40.0 Å². The summed E-state index contributed by atoms with van der Waals surface area (Å²) in [6, 6.07) is 0. The van der Waals surface area contributed by atoms with Crippen LogP contribution >= 0.6 is 24.0 Å². The first kappa shape index (κ1) is 26.1. The fourth-order valence-electron chi connectivity index (χ4n) is 2.18. The van der Waals surface area contributed by atoms with Gasteiger partial charge in [-0.15, -0.1) is 24.0 Å². The molecule has 24 heavy (non-hydrogen) atoms. The molecule has 7 nitrogen and oxygen atoms in total. The van der Waals surface area contributed by atoms with Crippen molar-refractivity contribution in [2.75, 3.05) is 38.5 Å². The Hall–Kier alpha value is -0.130. The van der Waals surface area contributed by atoms with Crippen molar-refractivity contribution in [3.8, 4) is 0 Å². The Balaban J connectivity index is 0. The van der Waals surface area contributed by atoms with E-state index in [0.29, 0.717) is 37.4 Å². The maximum Gasteiger partial charge on any atom is 0.211 e. The molecule has 0 saturated carbocycles. The average molecular weight is 478 g/mol. The number of sulfonamides is 1. The molecule has 0 rings (SSSR count). The number of aliphatic hydroxyl groups excluding tert-OH is 1. The van der Waals surface area contributed by atoms with Crippen molar-refractivity contribution < 1.29 is 13.5 Å². The Morgan fingerprint density at radius 1 is 1.17 bits per heavy atom. The average Bonchev–Trinajstić information content (AvgIpc) is 2.48. The van der Waals surface area contributed by atoms with Crippen LogP contribution in [-0.2, 0) is 10.0 Å². The van der Waals surface area contributed by atoms with Crippen LogP contribution in [0, 0.1) is 11.8 Å². The van der Waals surface area contributed by atoms with Crippen molar-refractivity contribution in [3.05, 3.63) is 0 Å². The van der Waals surface area contributed by atoms with Crippen LogP contribution in [0.25, 0.3) is 0 Å². The summed E-state index contributed by atoms with van der Waals surface area (Å²) in [7, 11) is -3.15. The van der Waals surface area contributed by atoms with Gasteiger partial charge in [0.1, 0.15) is 0 Å². The van der Waals surface area contributed by atoms with E-state index < -0.39 is 10.0 Å². The Bertz CT molecular complexity index is 430. The summed E-state index contributed by atoms with van der Waals surface area (Å²) < 4.78 is 25.2. The summed E-state index contributed by atoms with van der Waals surface area (Å²) in [6.07, 6.45) is 1.77. The monoisotopic (exact) mass is 478 g/mol. The molecule has 0 saturated heterocycles. The lowest BCUT2D eigenvalue weighted by atomic mass is 9.94. The van der Waals surface area contributed by atoms with Gasteiger partial charge in [0.2, 0.25) is 10.0 Å². The van der Waals surface area contributed by atoms with Gasteiger partial charge >= 0.3 is 0 Å². The summed E-state index contributed by atoms with van der Waals surface area (Å²) >= 11 is 0. The second-order valence-electron chi connectivity index (χ2n) is 5.95. The van der Waals surface area contributed by atoms with Gasteiger partial charge in [0, 0.05) is 32.8 Å². The van der Waals surface area contributed by atoms with Crippen LogP contribution in [0.1, 0.15) is 40.5 Å². The summed E-state index contributed by atoms with van der Waals surface area (Å²) in [5, 5.41) is 15.4. The van der Waals surface area contributed by atoms with E-state index in [1.54, 1.807) is 6.92 Å². The van der Waals surface area contributed by atoms with Crippen LogP contribution in [0.15, 0.2) is 4.99 Å². The molecular formula is C15H35IN4O3S. The molecule has 9 heteroatoms. The van der Waals surface area contributed by atoms with Gasteiger partial charge in [0.15, 0.2) is 5.96 Å². The van der Waals surface area contributed by atoms with Crippen LogP contribution in [0.3, 0.4) is 0 Å². The Morgan fingerprint density at radius 2 is 1.83 bits per heavy atom. The molecule has 0 spiro atoms. The number of aliphatic hydroxyl groups is 1. The molecule has 0 amide bonds. The molecule has 4 N–H and O–H groups in total. The molecule has 1 atom stereocenters. The van der Waals surface area contributed by atoms with E-state index in [4.69, 9.17) is 5.11 Å². The van der Waals surface area contributed by atoms with Crippen molar-refractivity contribution in [3.63, 3.8) is 0 Å². The highest BCUT2D eigenvalue weighted by Crippen LogP contribution is 2.15. The smallest absolute Gasteiger partial charge is 0.211 e. The van der Waals surface area contributed by atoms with Crippen molar-refractivity contribution in [1.29, 1.82) is 0 Å². The topological polar surface area (TPSA) is 103 Å². The number of rotatable bonds is 12. The minimum absolute atomic E-state index is 0. The number of hydrogen-bond acceptors (Lipinski definition) is 4. The molecule has 146 valence electrons. The van der Waals surface area contributed by atoms with E-state index in [-0.39, 0.29) is 36.3 Å². The van der Waals surface area contributed by atoms with Gasteiger partial charge < -0.3 is 15.7 Å². The lowest BCUT2D eigenvalue weighted by Gasteiger charge is -2.17. The molecule has 0 aromatic heterocycles. The molecule has 0 aliphatic heterocycles. The first-order valence-electron chi connectivity index (χ1n) is 8.44. The van der Waals surface area contributed by atoms with Crippen LogP contribution in [0.2, 0.25) is 0 Å². The molecule has 0 aliphatic carbocycles. The predicted molar refractivity (Wildman–Crippen MR) is 112 cm³/mol. The van der Waals surface area contributed by atoms with E-state index in [9.17, 15) is 8.42 Å². The molecule has 0 heterocycles. The fourth-order valence-corrected chi connectivity index (χ4v) is 2.80. The minimum Gasteiger partial charge on any atom is -0.396 e. The molecule has 0 aliphatic rings. The normalized spacial score (nSPS) is 13.5. The number of guanidine groups is 1. The van der Waals surface area contributed by atoms with Gasteiger partial charge in [-0.3, -0.25) is 4.99 Å². The van der Waals surface area contributed by atoms with Crippen LogP contribution < -0.4 is 15.4 Å². The lowest BCUT2D eigenvalue weighted by molar-refractivity contribution is 0.245. The fraction of sp³-hybridized carbons (Fsp3) is 0.933. The standard InChI is InChI=1S/C15H34N4O3S.HI/c1-5-16-15(17-8-9-19-23(21,22)6-2)18-12-14(7-10-20)11-13(3)4;/h13-14,19-20H,5-12H2,1-4H3,(H2,16,17,18);1H. The number of halogens is 1. The largest absolute Gasteiger partial charge is 0.396 e. The molecular weight excluding hydrogens is 443 g/mol. The van der Waals surface area contributed by atoms with Gasteiger partial charge in [-0.25, -0.2) is 13.1 Å². The molecule has 0 aromatic rings. The van der Waals surface area contributed by atoms with Gasteiger partial charge in [-0.2, -0.15) is 0 Å². The summed E-state index contributed by atoms with van der Waals surface area (Å²) in [6.45, 7) is 10.3. The van der Waals surface area contributed by atoms with Gasteiger partial charge in [0.25, 0.3) is 0 Å². The zero-order valence-electron chi connectivity index (χ0n) is 15.3. The third-order valence-corrected chi connectivity index (χ3v) is 4.72. The maximum absolute atomic E-state index is 11.4. The highest BCUT2D eigenvalue weighted by molar-refractivity contribution is 14.0. The molecule has 0 fully saturated rings. The van der Waals surface area contributed by atoms with E-state index >= 15 is 0 Å². The van der Waals surface area contributed by atoms with E-state index in [0.717, 1.165) is 19.4 Å². The van der Waals surface area contributed by atoms with Gasteiger partial charge in [0.05, 0.1) is 5.75 Å². The van der Waals surface area contributed by atoms with Crippen LogP contribution in [-0.4, -0.2) is 58.0 Å². The van der Waals surface area contributed by atoms with E-state index in [1.807, 2.05) is 6.92 Å². The first-order valence-corrected chi connectivity index (χ1v) is 10.1. The third-order valence-electron chi connectivity index (χ3n) is 3.31. The van der Waals surface area contributed by atoms with Crippen molar-refractivity contribution in [1.82, 2.24) is 15.4 Å². The second-order valence-corrected chi connectivity index (χ2v) is 8.05. The van der Waals surface area contributed by atoms with Crippen LogP contribution in [0.4, 0.5) is 0 Å². The van der Waals surface area contributed by atoms with Gasteiger partial charge in [-0.05, 0) is 38.5 Å². The number of nitrogens with zero attached hydrogens (tertiary/aromatic N) is 1. The first-order chi connectivity index (χ1) is 10.8.